The van der Waals surface area contributed by atoms with Crippen LogP contribution in [0.3, 0.4) is 0 Å². The second kappa shape index (κ2) is 8.42. The highest BCUT2D eigenvalue weighted by Gasteiger charge is 2.10. The van der Waals surface area contributed by atoms with Gasteiger partial charge in [0.25, 0.3) is 11.1 Å². The van der Waals surface area contributed by atoms with Crippen molar-refractivity contribution in [3.8, 4) is 22.2 Å². The van der Waals surface area contributed by atoms with Crippen LogP contribution in [0.4, 0.5) is 5.69 Å². The van der Waals surface area contributed by atoms with Crippen molar-refractivity contribution in [3.63, 3.8) is 0 Å². The Labute approximate surface area is 183 Å². The van der Waals surface area contributed by atoms with Crippen LogP contribution < -0.4 is 10.1 Å². The van der Waals surface area contributed by atoms with Crippen molar-refractivity contribution in [2.45, 2.75) is 0 Å². The quantitative estimate of drug-likeness (QED) is 0.331. The molecule has 0 aliphatic rings. The Morgan fingerprint density at radius 3 is 2.39 bits per heavy atom. The second-order valence-electron chi connectivity index (χ2n) is 6.97. The van der Waals surface area contributed by atoms with Gasteiger partial charge in [-0.1, -0.05) is 78.1 Å². The molecule has 5 rings (SSSR count). The number of aromatic nitrogens is 1. The molecule has 0 aliphatic carbocycles. The van der Waals surface area contributed by atoms with E-state index in [1.54, 1.807) is 24.3 Å². The van der Waals surface area contributed by atoms with Crippen LogP contribution in [-0.4, -0.2) is 10.9 Å². The number of benzene rings is 4. The molecule has 5 heteroatoms. The Morgan fingerprint density at radius 1 is 0.806 bits per heavy atom. The molecule has 0 saturated carbocycles. The molecule has 1 aromatic heterocycles. The van der Waals surface area contributed by atoms with Crippen molar-refractivity contribution >= 4 is 33.7 Å². The number of hydrogen-bond donors (Lipinski definition) is 1. The van der Waals surface area contributed by atoms with E-state index in [0.29, 0.717) is 16.5 Å². The van der Waals surface area contributed by atoms with Gasteiger partial charge in [0, 0.05) is 27.6 Å². The third kappa shape index (κ3) is 4.17. The fourth-order valence-corrected chi connectivity index (χ4v) is 4.05. The van der Waals surface area contributed by atoms with Crippen LogP contribution in [0.5, 0.6) is 10.9 Å². The van der Waals surface area contributed by atoms with E-state index in [1.165, 1.54) is 11.3 Å². The number of hydrogen-bond acceptors (Lipinski definition) is 4. The van der Waals surface area contributed by atoms with Crippen molar-refractivity contribution in [2.24, 2.45) is 0 Å². The van der Waals surface area contributed by atoms with Gasteiger partial charge in [0.1, 0.15) is 5.75 Å². The number of fused-ring (bicyclic) bond motifs is 1. The molecule has 4 nitrogen and oxygen atoms in total. The summed E-state index contributed by atoms with van der Waals surface area (Å²) in [5.74, 6) is 0.471. The summed E-state index contributed by atoms with van der Waals surface area (Å²) >= 11 is 1.44. The molecule has 0 fully saturated rings. The lowest BCUT2D eigenvalue weighted by Gasteiger charge is -2.09. The Balaban J connectivity index is 1.29. The smallest absolute Gasteiger partial charge is 0.279 e. The van der Waals surface area contributed by atoms with Crippen LogP contribution in [-0.2, 0) is 0 Å². The number of amides is 1. The summed E-state index contributed by atoms with van der Waals surface area (Å²) in [5, 5.41) is 7.63. The number of nitrogens with one attached hydrogen (secondary N) is 1. The van der Waals surface area contributed by atoms with E-state index in [9.17, 15) is 4.79 Å². The number of nitrogens with zero attached hydrogens (tertiary/aromatic N) is 1. The standard InChI is InChI=1S/C26H18N2O2S/c29-25(27-23-12-6-10-18-7-4-5-11-22(18)23)20-13-15-21(16-14-20)30-26-28-24(17-31-26)19-8-2-1-3-9-19/h1-17H,(H,27,29). The Morgan fingerprint density at radius 2 is 1.55 bits per heavy atom. The molecule has 0 spiro atoms. The molecule has 0 bridgehead atoms. The van der Waals surface area contributed by atoms with E-state index in [1.807, 2.05) is 78.2 Å². The summed E-state index contributed by atoms with van der Waals surface area (Å²) in [6.07, 6.45) is 0. The number of thiazole rings is 1. The SMILES string of the molecule is O=C(Nc1cccc2ccccc12)c1ccc(Oc2nc(-c3ccccc3)cs2)cc1. The van der Waals surface area contributed by atoms with E-state index in [4.69, 9.17) is 4.74 Å². The topological polar surface area (TPSA) is 51.2 Å². The summed E-state index contributed by atoms with van der Waals surface area (Å²) in [4.78, 5) is 17.3. The summed E-state index contributed by atoms with van der Waals surface area (Å²) in [7, 11) is 0. The maximum atomic E-state index is 12.7. The highest BCUT2D eigenvalue weighted by Crippen LogP contribution is 2.30. The van der Waals surface area contributed by atoms with Gasteiger partial charge in [-0.3, -0.25) is 4.79 Å². The monoisotopic (exact) mass is 422 g/mol. The van der Waals surface area contributed by atoms with Crippen molar-refractivity contribution < 1.29 is 9.53 Å². The minimum Gasteiger partial charge on any atom is -0.431 e. The molecule has 0 saturated heterocycles. The second-order valence-corrected chi connectivity index (χ2v) is 7.79. The lowest BCUT2D eigenvalue weighted by Crippen LogP contribution is -2.11. The van der Waals surface area contributed by atoms with Gasteiger partial charge in [0.05, 0.1) is 5.69 Å². The lowest BCUT2D eigenvalue weighted by molar-refractivity contribution is 0.102. The lowest BCUT2D eigenvalue weighted by atomic mass is 10.1. The predicted octanol–water partition coefficient (Wildman–Crippen LogP) is 7.01. The van der Waals surface area contributed by atoms with Crippen LogP contribution in [0, 0.1) is 0 Å². The Kier molecular flexibility index (Phi) is 5.17. The molecule has 5 aromatic rings. The highest BCUT2D eigenvalue weighted by molar-refractivity contribution is 7.11. The average Bonchev–Trinajstić information content (AvgIpc) is 3.29. The highest BCUT2D eigenvalue weighted by atomic mass is 32.1. The third-order valence-electron chi connectivity index (χ3n) is 4.91. The number of carbonyl (C=O) groups is 1. The van der Waals surface area contributed by atoms with E-state index < -0.39 is 0 Å². The molecule has 1 amide bonds. The molecular weight excluding hydrogens is 404 g/mol. The number of ether oxygens (including phenoxy) is 1. The first-order chi connectivity index (χ1) is 15.3. The molecule has 0 atom stereocenters. The molecule has 1 N–H and O–H groups in total. The van der Waals surface area contributed by atoms with Gasteiger partial charge in [0.2, 0.25) is 0 Å². The minimum atomic E-state index is -0.163. The average molecular weight is 423 g/mol. The molecule has 0 radical (unpaired) electrons. The van der Waals surface area contributed by atoms with Crippen LogP contribution >= 0.6 is 11.3 Å². The molecule has 0 unspecified atom stereocenters. The maximum Gasteiger partial charge on any atom is 0.279 e. The minimum absolute atomic E-state index is 0.163. The summed E-state index contributed by atoms with van der Waals surface area (Å²) in [6, 6.07) is 30.9. The fourth-order valence-electron chi connectivity index (χ4n) is 3.35. The van der Waals surface area contributed by atoms with E-state index in [2.05, 4.69) is 10.3 Å². The van der Waals surface area contributed by atoms with Gasteiger partial charge in [-0.15, -0.1) is 0 Å². The fraction of sp³-hybridized carbons (Fsp3) is 0. The van der Waals surface area contributed by atoms with Crippen LogP contribution in [0.2, 0.25) is 0 Å². The molecule has 0 aliphatic heterocycles. The molecule has 31 heavy (non-hydrogen) atoms. The van der Waals surface area contributed by atoms with Gasteiger partial charge in [-0.25, -0.2) is 4.98 Å². The van der Waals surface area contributed by atoms with Crippen molar-refractivity contribution in [1.82, 2.24) is 4.98 Å². The van der Waals surface area contributed by atoms with E-state index >= 15 is 0 Å². The largest absolute Gasteiger partial charge is 0.431 e. The zero-order valence-electron chi connectivity index (χ0n) is 16.5. The maximum absolute atomic E-state index is 12.7. The Bertz CT molecular complexity index is 1340. The first kappa shape index (κ1) is 19.0. The molecule has 4 aromatic carbocycles. The third-order valence-corrected chi connectivity index (χ3v) is 5.63. The van der Waals surface area contributed by atoms with E-state index in [-0.39, 0.29) is 5.91 Å². The summed E-state index contributed by atoms with van der Waals surface area (Å²) in [5.41, 5.74) is 3.28. The van der Waals surface area contributed by atoms with Gasteiger partial charge in [-0.05, 0) is 35.7 Å². The molecule has 1 heterocycles. The summed E-state index contributed by atoms with van der Waals surface area (Å²) in [6.45, 7) is 0. The van der Waals surface area contributed by atoms with Crippen molar-refractivity contribution in [2.75, 3.05) is 5.32 Å². The number of rotatable bonds is 5. The summed E-state index contributed by atoms with van der Waals surface area (Å²) < 4.78 is 5.87. The van der Waals surface area contributed by atoms with Crippen LogP contribution in [0.25, 0.3) is 22.0 Å². The zero-order valence-corrected chi connectivity index (χ0v) is 17.3. The van der Waals surface area contributed by atoms with Crippen LogP contribution in [0.1, 0.15) is 10.4 Å². The van der Waals surface area contributed by atoms with Crippen LogP contribution in [0.15, 0.2) is 102 Å². The van der Waals surface area contributed by atoms with E-state index in [0.717, 1.165) is 27.7 Å². The zero-order chi connectivity index (χ0) is 21.0. The first-order valence-electron chi connectivity index (χ1n) is 9.84. The normalized spacial score (nSPS) is 10.7. The van der Waals surface area contributed by atoms with Crippen molar-refractivity contribution in [3.05, 3.63) is 108 Å². The predicted molar refractivity (Wildman–Crippen MR) is 126 cm³/mol. The Hall–Kier alpha value is -3.96. The van der Waals surface area contributed by atoms with Gasteiger partial charge >= 0.3 is 0 Å². The molecular formula is C26H18N2O2S. The number of carbonyl (C=O) groups excluding carboxylic acids is 1. The number of anilines is 1. The molecule has 150 valence electrons. The van der Waals surface area contributed by atoms with Gasteiger partial charge in [-0.2, -0.15) is 0 Å². The van der Waals surface area contributed by atoms with Gasteiger partial charge in [0.15, 0.2) is 0 Å². The van der Waals surface area contributed by atoms with Crippen molar-refractivity contribution in [1.29, 1.82) is 0 Å². The first-order valence-corrected chi connectivity index (χ1v) is 10.7. The van der Waals surface area contributed by atoms with Gasteiger partial charge < -0.3 is 10.1 Å².